The minimum absolute atomic E-state index is 0.582. The molecule has 1 unspecified atom stereocenters. The second-order valence-electron chi connectivity index (χ2n) is 3.34. The highest BCUT2D eigenvalue weighted by Gasteiger charge is 2.03. The molecule has 4 nitrogen and oxygen atoms in total. The van der Waals surface area contributed by atoms with Crippen LogP contribution in [-0.4, -0.2) is 25.2 Å². The zero-order valence-corrected chi connectivity index (χ0v) is 10.6. The van der Waals surface area contributed by atoms with E-state index in [1.807, 2.05) is 12.1 Å². The first-order chi connectivity index (χ1) is 8.15. The van der Waals surface area contributed by atoms with Gasteiger partial charge in [0, 0.05) is 39.2 Å². The van der Waals surface area contributed by atoms with E-state index in [0.717, 1.165) is 5.56 Å². The molecular weight excluding hydrogens is 258 g/mol. The zero-order chi connectivity index (χ0) is 12.3. The van der Waals surface area contributed by atoms with Gasteiger partial charge in [0.25, 0.3) is 0 Å². The van der Waals surface area contributed by atoms with E-state index in [0.29, 0.717) is 10.8 Å². The van der Waals surface area contributed by atoms with E-state index in [1.165, 1.54) is 10.1 Å². The first kappa shape index (κ1) is 12.0. The molecule has 0 fully saturated rings. The normalized spacial score (nSPS) is 13.1. The maximum Gasteiger partial charge on any atom is 0.181 e. The van der Waals surface area contributed by atoms with Crippen molar-refractivity contribution in [3.63, 3.8) is 0 Å². The van der Waals surface area contributed by atoms with Gasteiger partial charge in [0.05, 0.1) is 0 Å². The van der Waals surface area contributed by atoms with E-state index in [4.69, 9.17) is 11.6 Å². The molecule has 0 bridgehead atoms. The molecule has 0 aliphatic rings. The summed E-state index contributed by atoms with van der Waals surface area (Å²) in [6, 6.07) is 7.31. The molecule has 17 heavy (non-hydrogen) atoms. The molecule has 2 aromatic rings. The summed E-state index contributed by atoms with van der Waals surface area (Å²) in [5, 5.41) is 6.40. The van der Waals surface area contributed by atoms with Crippen LogP contribution < -0.4 is 0 Å². The molecule has 0 aliphatic heterocycles. The quantitative estimate of drug-likeness (QED) is 0.858. The molecule has 0 N–H and O–H groups in total. The van der Waals surface area contributed by atoms with Crippen molar-refractivity contribution in [3.8, 4) is 11.4 Å². The van der Waals surface area contributed by atoms with Crippen molar-refractivity contribution >= 4 is 28.6 Å². The second-order valence-corrected chi connectivity index (χ2v) is 5.05. The van der Waals surface area contributed by atoms with Crippen LogP contribution in [0.4, 0.5) is 0 Å². The number of aromatic nitrogens is 3. The maximum absolute atomic E-state index is 10.9. The first-order valence-electron chi connectivity index (χ1n) is 4.83. The van der Waals surface area contributed by atoms with E-state index < -0.39 is 10.8 Å². The average Bonchev–Trinajstić information content (AvgIpc) is 2.75. The number of hydrogen-bond acceptors (Lipinski definition) is 3. The fourth-order valence-electron chi connectivity index (χ4n) is 1.25. The van der Waals surface area contributed by atoms with Gasteiger partial charge < -0.3 is 0 Å². The fourth-order valence-corrected chi connectivity index (χ4v) is 1.74. The number of benzene rings is 1. The summed E-state index contributed by atoms with van der Waals surface area (Å²) in [5.74, 6) is 0.582. The van der Waals surface area contributed by atoms with Crippen molar-refractivity contribution in [2.45, 2.75) is 0 Å². The zero-order valence-electron chi connectivity index (χ0n) is 9.08. The summed E-state index contributed by atoms with van der Waals surface area (Å²) in [6.45, 7) is 0. The molecular formula is C11H10ClN3OS. The van der Waals surface area contributed by atoms with Gasteiger partial charge >= 0.3 is 0 Å². The lowest BCUT2D eigenvalue weighted by Gasteiger charge is -1.95. The summed E-state index contributed by atoms with van der Waals surface area (Å²) in [4.78, 5) is 4.15. The van der Waals surface area contributed by atoms with Crippen molar-refractivity contribution in [1.82, 2.24) is 14.8 Å². The molecule has 88 valence electrons. The summed E-state index contributed by atoms with van der Waals surface area (Å²) >= 11 is 5.89. The lowest BCUT2D eigenvalue weighted by Crippen LogP contribution is -1.88. The van der Waals surface area contributed by atoms with E-state index in [-0.39, 0.29) is 0 Å². The van der Waals surface area contributed by atoms with Gasteiger partial charge in [-0.1, -0.05) is 23.7 Å². The standard InChI is InChI=1S/C11H10ClN3OS/c1-17(16)6-5-15-8-13-11(14-15)9-3-2-4-10(12)7-9/h2-8H,1H3. The highest BCUT2D eigenvalue weighted by molar-refractivity contribution is 7.87. The highest BCUT2D eigenvalue weighted by atomic mass is 35.5. The summed E-state index contributed by atoms with van der Waals surface area (Å²) in [5.41, 5.74) is 0.849. The number of halogens is 1. The number of rotatable bonds is 3. The van der Waals surface area contributed by atoms with Crippen molar-refractivity contribution < 1.29 is 4.21 Å². The summed E-state index contributed by atoms with van der Waals surface area (Å²) in [7, 11) is -0.995. The van der Waals surface area contributed by atoms with E-state index in [2.05, 4.69) is 10.1 Å². The van der Waals surface area contributed by atoms with Gasteiger partial charge in [0.15, 0.2) is 5.82 Å². The van der Waals surface area contributed by atoms with Gasteiger partial charge in [-0.25, -0.2) is 9.67 Å². The van der Waals surface area contributed by atoms with Gasteiger partial charge in [-0.05, 0) is 12.1 Å². The summed E-state index contributed by atoms with van der Waals surface area (Å²) < 4.78 is 12.4. The fraction of sp³-hybridized carbons (Fsp3) is 0.0909. The molecule has 6 heteroatoms. The van der Waals surface area contributed by atoms with E-state index >= 15 is 0 Å². The molecule has 1 aromatic heterocycles. The molecule has 0 saturated heterocycles. The molecule has 1 aromatic carbocycles. The topological polar surface area (TPSA) is 47.8 Å². The third kappa shape index (κ3) is 3.25. The average molecular weight is 268 g/mol. The smallest absolute Gasteiger partial charge is 0.181 e. The molecule has 2 rings (SSSR count). The predicted molar refractivity (Wildman–Crippen MR) is 69.9 cm³/mol. The van der Waals surface area contributed by atoms with Crippen LogP contribution >= 0.6 is 11.6 Å². The Bertz CT molecular complexity index is 580. The predicted octanol–water partition coefficient (Wildman–Crippen LogP) is 2.41. The monoisotopic (exact) mass is 267 g/mol. The minimum Gasteiger partial charge on any atom is -0.255 e. The maximum atomic E-state index is 10.9. The SMILES string of the molecule is CS(=O)C=Cn1cnc(-c2cccc(Cl)c2)n1. The van der Waals surface area contributed by atoms with Gasteiger partial charge in [-0.3, -0.25) is 4.21 Å². The third-order valence-electron chi connectivity index (χ3n) is 2.00. The van der Waals surface area contributed by atoms with E-state index in [9.17, 15) is 4.21 Å². The van der Waals surface area contributed by atoms with Crippen LogP contribution in [0.3, 0.4) is 0 Å². The van der Waals surface area contributed by atoms with Crippen LogP contribution in [0.1, 0.15) is 0 Å². The molecule has 0 radical (unpaired) electrons. The second kappa shape index (κ2) is 5.25. The van der Waals surface area contributed by atoms with Crippen LogP contribution in [0.5, 0.6) is 0 Å². The van der Waals surface area contributed by atoms with Crippen molar-refractivity contribution in [2.75, 3.05) is 6.26 Å². The lowest BCUT2D eigenvalue weighted by molar-refractivity contribution is 0.691. The van der Waals surface area contributed by atoms with Crippen LogP contribution in [0.25, 0.3) is 17.6 Å². The van der Waals surface area contributed by atoms with Crippen molar-refractivity contribution in [1.29, 1.82) is 0 Å². The molecule has 1 heterocycles. The third-order valence-corrected chi connectivity index (χ3v) is 2.74. The van der Waals surface area contributed by atoms with Crippen LogP contribution in [0.2, 0.25) is 5.02 Å². The van der Waals surface area contributed by atoms with Crippen LogP contribution in [0.15, 0.2) is 36.0 Å². The van der Waals surface area contributed by atoms with Gasteiger partial charge in [0.2, 0.25) is 0 Å². The largest absolute Gasteiger partial charge is 0.255 e. The Kier molecular flexibility index (Phi) is 3.71. The van der Waals surface area contributed by atoms with Crippen molar-refractivity contribution in [3.05, 3.63) is 41.0 Å². The Labute approximate surface area is 106 Å². The first-order valence-corrected chi connectivity index (χ1v) is 6.83. The number of hydrogen-bond donors (Lipinski definition) is 0. The Morgan fingerprint density at radius 1 is 1.47 bits per heavy atom. The molecule has 1 atom stereocenters. The van der Waals surface area contributed by atoms with E-state index in [1.54, 1.807) is 30.9 Å². The van der Waals surface area contributed by atoms with Gasteiger partial charge in [-0.2, -0.15) is 0 Å². The van der Waals surface area contributed by atoms with Crippen molar-refractivity contribution in [2.24, 2.45) is 0 Å². The Morgan fingerprint density at radius 3 is 3.00 bits per heavy atom. The Morgan fingerprint density at radius 2 is 2.29 bits per heavy atom. The van der Waals surface area contributed by atoms with Crippen LogP contribution in [-0.2, 0) is 10.8 Å². The Balaban J connectivity index is 2.27. The van der Waals surface area contributed by atoms with Gasteiger partial charge in [-0.15, -0.1) is 5.10 Å². The highest BCUT2D eigenvalue weighted by Crippen LogP contribution is 2.18. The molecule has 0 aliphatic carbocycles. The minimum atomic E-state index is -0.995. The van der Waals surface area contributed by atoms with Crippen LogP contribution in [0, 0.1) is 0 Å². The molecule has 0 saturated carbocycles. The summed E-state index contributed by atoms with van der Waals surface area (Å²) in [6.07, 6.45) is 4.75. The van der Waals surface area contributed by atoms with Gasteiger partial charge in [0.1, 0.15) is 6.33 Å². The number of nitrogens with zero attached hydrogens (tertiary/aromatic N) is 3. The molecule has 0 amide bonds. The molecule has 0 spiro atoms. The lowest BCUT2D eigenvalue weighted by atomic mass is 10.2. The Hall–Kier alpha value is -1.46.